The van der Waals surface area contributed by atoms with Crippen molar-refractivity contribution in [2.75, 3.05) is 24.3 Å². The van der Waals surface area contributed by atoms with Crippen LogP contribution in [0.1, 0.15) is 55.6 Å². The quantitative estimate of drug-likeness (QED) is 0.722. The maximum absolute atomic E-state index is 12.7. The van der Waals surface area contributed by atoms with E-state index in [-0.39, 0.29) is 18.1 Å². The van der Waals surface area contributed by atoms with Crippen molar-refractivity contribution >= 4 is 17.7 Å². The summed E-state index contributed by atoms with van der Waals surface area (Å²) in [6.07, 6.45) is 3.87. The maximum atomic E-state index is 12.7. The first-order valence-electron chi connectivity index (χ1n) is 10.7. The summed E-state index contributed by atoms with van der Waals surface area (Å²) >= 11 is 0. The monoisotopic (exact) mass is 411 g/mol. The van der Waals surface area contributed by atoms with Crippen molar-refractivity contribution in [3.05, 3.63) is 41.6 Å². The van der Waals surface area contributed by atoms with Gasteiger partial charge in [0.05, 0.1) is 6.10 Å². The third-order valence-electron chi connectivity index (χ3n) is 5.16. The first kappa shape index (κ1) is 21.9. The Morgan fingerprint density at radius 2 is 1.80 bits per heavy atom. The average Bonchev–Trinajstić information content (AvgIpc) is 2.68. The smallest absolute Gasteiger partial charge is 0.251 e. The molecule has 162 valence electrons. The number of nitrogens with zero attached hydrogens (tertiary/aromatic N) is 3. The van der Waals surface area contributed by atoms with E-state index in [1.54, 1.807) is 6.07 Å². The fourth-order valence-corrected chi connectivity index (χ4v) is 3.66. The van der Waals surface area contributed by atoms with Gasteiger partial charge in [-0.2, -0.15) is 4.98 Å². The van der Waals surface area contributed by atoms with Crippen molar-refractivity contribution in [1.29, 1.82) is 0 Å². The number of hydrogen-bond acceptors (Lipinski definition) is 6. The Balaban J connectivity index is 1.52. The lowest BCUT2D eigenvalue weighted by Crippen LogP contribution is -2.40. The van der Waals surface area contributed by atoms with Gasteiger partial charge >= 0.3 is 0 Å². The van der Waals surface area contributed by atoms with Crippen LogP contribution in [0.4, 0.5) is 11.8 Å². The molecule has 1 aromatic carbocycles. The SMILES string of the molecule is Cc1cc(N(C)C)nc(N[C@H]2CC[C@@H](NC(=O)c3cccc(OC(C)C)c3)CC2)n1. The molecule has 2 N–H and O–H groups in total. The largest absolute Gasteiger partial charge is 0.491 e. The van der Waals surface area contributed by atoms with Gasteiger partial charge in [-0.1, -0.05) is 6.07 Å². The normalized spacial score (nSPS) is 18.7. The summed E-state index contributed by atoms with van der Waals surface area (Å²) in [7, 11) is 3.95. The molecule has 0 atom stereocenters. The fourth-order valence-electron chi connectivity index (χ4n) is 3.66. The zero-order valence-corrected chi connectivity index (χ0v) is 18.6. The van der Waals surface area contributed by atoms with Gasteiger partial charge in [0.25, 0.3) is 5.91 Å². The molecule has 1 aliphatic carbocycles. The van der Waals surface area contributed by atoms with Crippen LogP contribution in [0.2, 0.25) is 0 Å². The van der Waals surface area contributed by atoms with E-state index in [0.717, 1.165) is 42.9 Å². The maximum Gasteiger partial charge on any atom is 0.251 e. The van der Waals surface area contributed by atoms with Gasteiger partial charge < -0.3 is 20.3 Å². The highest BCUT2D eigenvalue weighted by Crippen LogP contribution is 2.23. The summed E-state index contributed by atoms with van der Waals surface area (Å²) in [4.78, 5) is 23.7. The lowest BCUT2D eigenvalue weighted by atomic mass is 9.91. The zero-order chi connectivity index (χ0) is 21.7. The van der Waals surface area contributed by atoms with Gasteiger partial charge in [-0.25, -0.2) is 4.98 Å². The number of aromatic nitrogens is 2. The molecule has 0 spiro atoms. The minimum absolute atomic E-state index is 0.0433. The van der Waals surface area contributed by atoms with Crippen LogP contribution in [0, 0.1) is 6.92 Å². The summed E-state index contributed by atoms with van der Waals surface area (Å²) in [6.45, 7) is 5.93. The van der Waals surface area contributed by atoms with Gasteiger partial charge in [0.1, 0.15) is 11.6 Å². The van der Waals surface area contributed by atoms with Gasteiger partial charge in [0.15, 0.2) is 0 Å². The van der Waals surface area contributed by atoms with Crippen molar-refractivity contribution in [2.45, 2.75) is 64.6 Å². The molecule has 0 radical (unpaired) electrons. The molecule has 1 amide bonds. The molecule has 7 nitrogen and oxygen atoms in total. The Morgan fingerprint density at radius 1 is 1.10 bits per heavy atom. The second-order valence-electron chi connectivity index (χ2n) is 8.45. The Hall–Kier alpha value is -2.83. The van der Waals surface area contributed by atoms with Crippen LogP contribution in [0.15, 0.2) is 30.3 Å². The van der Waals surface area contributed by atoms with E-state index < -0.39 is 0 Å². The molecular weight excluding hydrogens is 378 g/mol. The lowest BCUT2D eigenvalue weighted by Gasteiger charge is -2.30. The number of carbonyl (C=O) groups excluding carboxylic acids is 1. The highest BCUT2D eigenvalue weighted by molar-refractivity contribution is 5.94. The second kappa shape index (κ2) is 9.78. The second-order valence-corrected chi connectivity index (χ2v) is 8.45. The van der Waals surface area contributed by atoms with E-state index in [0.29, 0.717) is 17.6 Å². The van der Waals surface area contributed by atoms with Crippen molar-refractivity contribution in [3.63, 3.8) is 0 Å². The third kappa shape index (κ3) is 6.08. The molecule has 30 heavy (non-hydrogen) atoms. The summed E-state index contributed by atoms with van der Waals surface area (Å²) in [5.41, 5.74) is 1.58. The van der Waals surface area contributed by atoms with Crippen LogP contribution < -0.4 is 20.3 Å². The summed E-state index contributed by atoms with van der Waals surface area (Å²) < 4.78 is 5.69. The van der Waals surface area contributed by atoms with E-state index in [1.165, 1.54) is 0 Å². The number of anilines is 2. The fraction of sp³-hybridized carbons (Fsp3) is 0.522. The lowest BCUT2D eigenvalue weighted by molar-refractivity contribution is 0.0925. The van der Waals surface area contributed by atoms with Crippen molar-refractivity contribution in [1.82, 2.24) is 15.3 Å². The molecule has 0 unspecified atom stereocenters. The summed E-state index contributed by atoms with van der Waals surface area (Å²) in [6, 6.07) is 9.84. The molecule has 1 aromatic heterocycles. The van der Waals surface area contributed by atoms with E-state index in [4.69, 9.17) is 4.74 Å². The van der Waals surface area contributed by atoms with Gasteiger partial charge in [-0.3, -0.25) is 4.79 Å². The Morgan fingerprint density at radius 3 is 2.47 bits per heavy atom. The van der Waals surface area contributed by atoms with Crippen LogP contribution >= 0.6 is 0 Å². The van der Waals surface area contributed by atoms with Crippen LogP contribution in [0.3, 0.4) is 0 Å². The highest BCUT2D eigenvalue weighted by atomic mass is 16.5. The molecule has 0 saturated heterocycles. The van der Waals surface area contributed by atoms with Crippen molar-refractivity contribution in [2.24, 2.45) is 0 Å². The Kier molecular flexibility index (Phi) is 7.13. The zero-order valence-electron chi connectivity index (χ0n) is 18.6. The van der Waals surface area contributed by atoms with Crippen molar-refractivity contribution < 1.29 is 9.53 Å². The van der Waals surface area contributed by atoms with Gasteiger partial charge in [-0.05, 0) is 64.7 Å². The number of aryl methyl sites for hydroxylation is 1. The number of ether oxygens (including phenoxy) is 1. The third-order valence-corrected chi connectivity index (χ3v) is 5.16. The molecule has 1 fully saturated rings. The van der Waals surface area contributed by atoms with E-state index in [1.807, 2.05) is 64.0 Å². The predicted molar refractivity (Wildman–Crippen MR) is 120 cm³/mol. The number of rotatable bonds is 7. The number of nitrogens with one attached hydrogen (secondary N) is 2. The molecule has 3 rings (SSSR count). The number of hydrogen-bond donors (Lipinski definition) is 2. The topological polar surface area (TPSA) is 79.4 Å². The predicted octanol–water partition coefficient (Wildman–Crippen LogP) is 3.79. The van der Waals surface area contributed by atoms with Crippen molar-refractivity contribution in [3.8, 4) is 5.75 Å². The Bertz CT molecular complexity index is 860. The number of amides is 1. The van der Waals surface area contributed by atoms with E-state index in [2.05, 4.69) is 20.6 Å². The minimum Gasteiger partial charge on any atom is -0.491 e. The molecule has 1 saturated carbocycles. The van der Waals surface area contributed by atoms with Gasteiger partial charge in [-0.15, -0.1) is 0 Å². The Labute approximate surface area is 179 Å². The minimum atomic E-state index is -0.0433. The van der Waals surface area contributed by atoms with Crippen LogP contribution in [0.25, 0.3) is 0 Å². The van der Waals surface area contributed by atoms with Crippen LogP contribution in [-0.4, -0.2) is 48.2 Å². The van der Waals surface area contributed by atoms with Gasteiger partial charge in [0.2, 0.25) is 5.95 Å². The molecule has 0 bridgehead atoms. The number of carbonyl (C=O) groups is 1. The molecule has 0 aliphatic heterocycles. The molecule has 1 heterocycles. The molecule has 7 heteroatoms. The first-order chi connectivity index (χ1) is 14.3. The average molecular weight is 412 g/mol. The summed E-state index contributed by atoms with van der Waals surface area (Å²) in [5.74, 6) is 2.25. The van der Waals surface area contributed by atoms with Crippen LogP contribution in [-0.2, 0) is 0 Å². The summed E-state index contributed by atoms with van der Waals surface area (Å²) in [5, 5.41) is 6.64. The molecule has 1 aliphatic rings. The highest BCUT2D eigenvalue weighted by Gasteiger charge is 2.23. The first-order valence-corrected chi connectivity index (χ1v) is 10.7. The van der Waals surface area contributed by atoms with Gasteiger partial charge in [0, 0.05) is 43.5 Å². The van der Waals surface area contributed by atoms with E-state index >= 15 is 0 Å². The number of benzene rings is 1. The van der Waals surface area contributed by atoms with Crippen LogP contribution in [0.5, 0.6) is 5.75 Å². The standard InChI is InChI=1S/C23H33N5O2/c1-15(2)30-20-8-6-7-17(14-20)22(29)25-18-9-11-19(12-10-18)26-23-24-16(3)13-21(27-23)28(4)5/h6-8,13-15,18-19H,9-12H2,1-5H3,(H,25,29)(H,24,26,27)/t18-,19+. The molecule has 2 aromatic rings. The van der Waals surface area contributed by atoms with E-state index in [9.17, 15) is 4.79 Å². The molecular formula is C23H33N5O2.